The van der Waals surface area contributed by atoms with Crippen LogP contribution in [0.5, 0.6) is 0 Å². The summed E-state index contributed by atoms with van der Waals surface area (Å²) in [6, 6.07) is 18.1. The Hall–Kier alpha value is -4.93. The lowest BCUT2D eigenvalue weighted by molar-refractivity contribution is -0.121. The molecule has 1 unspecified atom stereocenters. The van der Waals surface area contributed by atoms with Crippen molar-refractivity contribution in [3.63, 3.8) is 0 Å². The second-order valence-electron chi connectivity index (χ2n) is 10.1. The maximum Gasteiger partial charge on any atom is 0.332 e. The van der Waals surface area contributed by atoms with Crippen LogP contribution in [-0.2, 0) is 31.5 Å². The normalized spacial score (nSPS) is 16.1. The number of hydrogen-bond acceptors (Lipinski definition) is 7. The van der Waals surface area contributed by atoms with Gasteiger partial charge in [-0.2, -0.15) is 4.98 Å². The van der Waals surface area contributed by atoms with Gasteiger partial charge in [-0.05, 0) is 12.0 Å². The fourth-order valence-electron chi connectivity index (χ4n) is 5.42. The summed E-state index contributed by atoms with van der Waals surface area (Å²) in [5.41, 5.74) is 1.34. The second kappa shape index (κ2) is 10.3. The average Bonchev–Trinajstić information content (AvgIpc) is 3.69. The largest absolute Gasteiger partial charge is 0.389 e. The van der Waals surface area contributed by atoms with Crippen LogP contribution in [0.1, 0.15) is 22.3 Å². The van der Waals surface area contributed by atoms with Crippen LogP contribution in [0.4, 0.5) is 5.95 Å². The zero-order valence-corrected chi connectivity index (χ0v) is 22.0. The predicted octanol–water partition coefficient (Wildman–Crippen LogP) is 1.37. The molecule has 0 bridgehead atoms. The molecule has 0 saturated carbocycles. The zero-order chi connectivity index (χ0) is 27.8. The van der Waals surface area contributed by atoms with E-state index in [9.17, 15) is 19.2 Å². The first kappa shape index (κ1) is 25.4. The van der Waals surface area contributed by atoms with E-state index in [4.69, 9.17) is 4.98 Å². The number of aromatic nitrogens is 4. The summed E-state index contributed by atoms with van der Waals surface area (Å²) in [6.07, 6.45) is 2.84. The van der Waals surface area contributed by atoms with Crippen LogP contribution in [-0.4, -0.2) is 43.5 Å². The number of fused-ring (bicyclic) bond motifs is 2. The van der Waals surface area contributed by atoms with Crippen LogP contribution in [0.25, 0.3) is 11.2 Å². The first-order valence-corrected chi connectivity index (χ1v) is 13.2. The standard InChI is InChI=1S/C29H29N7O4/c1-33-26-25(27(39)36(29(33)40)17-23(37)20-10-6-3-7-11-20)35(18-24(38)31-14-19-8-4-2-5-9-19)28(32-26)34-13-12-21-15-30-16-22(21)34/h2-11,16,21,30H,12-15,17-18H2,1H3,(H,31,38). The van der Waals surface area contributed by atoms with E-state index in [2.05, 4.69) is 10.6 Å². The molecule has 2 aliphatic rings. The molecule has 2 aromatic heterocycles. The SMILES string of the molecule is Cn1c(=O)n(CC(=O)c2ccccc2)c(=O)c2c1nc(N1CCC3CNC=C31)n2CC(=O)NCc1ccccc1. The van der Waals surface area contributed by atoms with Crippen molar-refractivity contribution < 1.29 is 9.59 Å². The van der Waals surface area contributed by atoms with Gasteiger partial charge >= 0.3 is 5.69 Å². The molecule has 2 aliphatic heterocycles. The number of rotatable bonds is 8. The highest BCUT2D eigenvalue weighted by molar-refractivity contribution is 5.96. The Morgan fingerprint density at radius 1 is 1.00 bits per heavy atom. The number of imidazole rings is 1. The number of nitrogens with one attached hydrogen (secondary N) is 2. The quantitative estimate of drug-likeness (QED) is 0.324. The number of aryl methyl sites for hydroxylation is 1. The molecule has 2 aromatic carbocycles. The van der Waals surface area contributed by atoms with E-state index in [1.54, 1.807) is 34.9 Å². The average molecular weight is 540 g/mol. The number of carbonyl (C=O) groups excluding carboxylic acids is 2. The molecule has 1 saturated heterocycles. The minimum absolute atomic E-state index is 0.0998. The minimum atomic E-state index is -0.661. The van der Waals surface area contributed by atoms with E-state index in [0.717, 1.165) is 28.8 Å². The van der Waals surface area contributed by atoms with Crippen LogP contribution in [0, 0.1) is 5.92 Å². The molecule has 1 fully saturated rings. The molecule has 4 heterocycles. The molecule has 11 heteroatoms. The Balaban J connectivity index is 1.43. The summed E-state index contributed by atoms with van der Waals surface area (Å²) in [5, 5.41) is 6.17. The van der Waals surface area contributed by atoms with Crippen molar-refractivity contribution in [2.75, 3.05) is 18.0 Å². The Morgan fingerprint density at radius 3 is 2.48 bits per heavy atom. The van der Waals surface area contributed by atoms with Gasteiger partial charge in [-0.3, -0.25) is 28.1 Å². The highest BCUT2D eigenvalue weighted by Gasteiger charge is 2.35. The number of benzene rings is 2. The lowest BCUT2D eigenvalue weighted by Gasteiger charge is -2.20. The molecule has 1 atom stereocenters. The lowest BCUT2D eigenvalue weighted by atomic mass is 10.1. The summed E-state index contributed by atoms with van der Waals surface area (Å²) in [4.78, 5) is 60.0. The third-order valence-corrected chi connectivity index (χ3v) is 7.53. The number of hydrogen-bond donors (Lipinski definition) is 2. The maximum atomic E-state index is 13.9. The van der Waals surface area contributed by atoms with Gasteiger partial charge in [-0.15, -0.1) is 0 Å². The Bertz CT molecular complexity index is 1750. The van der Waals surface area contributed by atoms with Crippen molar-refractivity contribution >= 4 is 28.8 Å². The van der Waals surface area contributed by atoms with Crippen molar-refractivity contribution in [1.29, 1.82) is 0 Å². The Morgan fingerprint density at radius 2 is 1.73 bits per heavy atom. The Kier molecular flexibility index (Phi) is 6.54. The third kappa shape index (κ3) is 4.49. The van der Waals surface area contributed by atoms with Crippen molar-refractivity contribution in [1.82, 2.24) is 29.3 Å². The van der Waals surface area contributed by atoms with Crippen molar-refractivity contribution in [3.8, 4) is 0 Å². The zero-order valence-electron chi connectivity index (χ0n) is 22.0. The molecule has 0 spiro atoms. The molecular formula is C29H29N7O4. The lowest BCUT2D eigenvalue weighted by Crippen LogP contribution is -2.41. The molecule has 2 N–H and O–H groups in total. The molecule has 4 aromatic rings. The van der Waals surface area contributed by atoms with Gasteiger partial charge in [0.2, 0.25) is 11.9 Å². The van der Waals surface area contributed by atoms with Gasteiger partial charge in [0, 0.05) is 50.1 Å². The molecule has 11 nitrogen and oxygen atoms in total. The fraction of sp³-hybridized carbons (Fsp3) is 0.276. The first-order chi connectivity index (χ1) is 19.4. The molecule has 6 rings (SSSR count). The second-order valence-corrected chi connectivity index (χ2v) is 10.1. The van der Waals surface area contributed by atoms with Crippen LogP contribution < -0.4 is 26.8 Å². The number of Topliss-reactive ketones (excluding diaryl/α,β-unsaturated/α-hetero) is 1. The number of amides is 1. The van der Waals surface area contributed by atoms with Crippen LogP contribution in [0.15, 0.2) is 82.1 Å². The monoisotopic (exact) mass is 539 g/mol. The Labute approximate surface area is 229 Å². The molecule has 1 amide bonds. The van der Waals surface area contributed by atoms with Gasteiger partial charge in [0.05, 0.1) is 6.54 Å². The molecule has 204 valence electrons. The summed E-state index contributed by atoms with van der Waals surface area (Å²) in [7, 11) is 1.52. The van der Waals surface area contributed by atoms with Gasteiger partial charge < -0.3 is 15.5 Å². The van der Waals surface area contributed by atoms with Crippen LogP contribution >= 0.6 is 0 Å². The highest BCUT2D eigenvalue weighted by Crippen LogP contribution is 2.35. The van der Waals surface area contributed by atoms with Crippen molar-refractivity contribution in [3.05, 3.63) is 105 Å². The van der Waals surface area contributed by atoms with E-state index in [1.165, 1.54) is 11.6 Å². The summed E-state index contributed by atoms with van der Waals surface area (Å²) >= 11 is 0. The smallest absolute Gasteiger partial charge is 0.332 e. The number of carbonyl (C=O) groups is 2. The molecular weight excluding hydrogens is 510 g/mol. The van der Waals surface area contributed by atoms with Crippen LogP contribution in [0.2, 0.25) is 0 Å². The highest BCUT2D eigenvalue weighted by atomic mass is 16.2. The van der Waals surface area contributed by atoms with Crippen molar-refractivity contribution in [2.24, 2.45) is 13.0 Å². The van der Waals surface area contributed by atoms with Crippen molar-refractivity contribution in [2.45, 2.75) is 26.1 Å². The molecule has 40 heavy (non-hydrogen) atoms. The van der Waals surface area contributed by atoms with E-state index >= 15 is 0 Å². The fourth-order valence-corrected chi connectivity index (χ4v) is 5.42. The van der Waals surface area contributed by atoms with E-state index < -0.39 is 17.8 Å². The van der Waals surface area contributed by atoms with Gasteiger partial charge in [-0.1, -0.05) is 60.7 Å². The summed E-state index contributed by atoms with van der Waals surface area (Å²) in [5.74, 6) is 0.0557. The molecule has 0 radical (unpaired) electrons. The van der Waals surface area contributed by atoms with E-state index in [1.807, 2.05) is 41.4 Å². The van der Waals surface area contributed by atoms with Gasteiger partial charge in [0.1, 0.15) is 6.54 Å². The molecule has 0 aliphatic carbocycles. The van der Waals surface area contributed by atoms with Gasteiger partial charge in [0.25, 0.3) is 5.56 Å². The van der Waals surface area contributed by atoms with Gasteiger partial charge in [-0.25, -0.2) is 4.79 Å². The van der Waals surface area contributed by atoms with Crippen LogP contribution in [0.3, 0.4) is 0 Å². The minimum Gasteiger partial charge on any atom is -0.389 e. The summed E-state index contributed by atoms with van der Waals surface area (Å²) < 4.78 is 3.76. The number of ketones is 1. The summed E-state index contributed by atoms with van der Waals surface area (Å²) in [6.45, 7) is 1.21. The van der Waals surface area contributed by atoms with Gasteiger partial charge in [0.15, 0.2) is 16.9 Å². The maximum absolute atomic E-state index is 13.9. The van der Waals surface area contributed by atoms with E-state index in [0.29, 0.717) is 30.5 Å². The third-order valence-electron chi connectivity index (χ3n) is 7.53. The topological polar surface area (TPSA) is 123 Å². The van der Waals surface area contributed by atoms with E-state index in [-0.39, 0.29) is 29.4 Å². The number of anilines is 1. The predicted molar refractivity (Wildman–Crippen MR) is 150 cm³/mol. The number of nitrogens with zero attached hydrogens (tertiary/aromatic N) is 5. The first-order valence-electron chi connectivity index (χ1n) is 13.2.